The molecule has 0 spiro atoms. The van der Waals surface area contributed by atoms with Crippen LogP contribution >= 0.6 is 0 Å². The maximum absolute atomic E-state index is 8.93. The largest absolute Gasteiger partial charge is 0.349 e. The number of rotatable bonds is 3. The zero-order valence-electron chi connectivity index (χ0n) is 9.85. The highest BCUT2D eigenvalue weighted by atomic mass is 15.4. The predicted molar refractivity (Wildman–Crippen MR) is 66.5 cm³/mol. The molecule has 0 atom stereocenters. The number of hydrogen-bond acceptors (Lipinski definition) is 3. The van der Waals surface area contributed by atoms with E-state index in [0.29, 0.717) is 6.42 Å². The van der Waals surface area contributed by atoms with Gasteiger partial charge in [-0.15, -0.1) is 0 Å². The van der Waals surface area contributed by atoms with E-state index >= 15 is 0 Å². The Morgan fingerprint density at radius 1 is 1.12 bits per heavy atom. The molecular weight excluding hydrogens is 198 g/mol. The average molecular weight is 215 g/mol. The van der Waals surface area contributed by atoms with Gasteiger partial charge in [-0.25, -0.2) is 0 Å². The normalized spacial score (nSPS) is 15.1. The maximum atomic E-state index is 8.93. The molecule has 1 heterocycles. The van der Waals surface area contributed by atoms with Crippen LogP contribution in [0.1, 0.15) is 20.3 Å². The number of anilines is 2. The summed E-state index contributed by atoms with van der Waals surface area (Å²) in [5, 5.41) is 8.93. The van der Waals surface area contributed by atoms with Gasteiger partial charge in [-0.05, 0) is 26.0 Å². The molecule has 0 saturated carbocycles. The number of hydrogen-bond donors (Lipinski definition) is 0. The molecule has 1 aliphatic rings. The van der Waals surface area contributed by atoms with Crippen LogP contribution in [-0.4, -0.2) is 19.3 Å². The summed E-state index contributed by atoms with van der Waals surface area (Å²) in [6.45, 7) is 6.17. The quantitative estimate of drug-likeness (QED) is 0.776. The van der Waals surface area contributed by atoms with Crippen molar-refractivity contribution in [3.8, 4) is 6.07 Å². The Morgan fingerprint density at radius 3 is 2.00 bits per heavy atom. The van der Waals surface area contributed by atoms with Crippen LogP contribution in [0.4, 0.5) is 11.4 Å². The second-order valence-electron chi connectivity index (χ2n) is 3.90. The van der Waals surface area contributed by atoms with E-state index in [4.69, 9.17) is 5.26 Å². The van der Waals surface area contributed by atoms with Gasteiger partial charge in [-0.1, -0.05) is 12.1 Å². The number of nitrogens with zero attached hydrogens (tertiary/aromatic N) is 3. The van der Waals surface area contributed by atoms with Crippen molar-refractivity contribution in [3.05, 3.63) is 24.3 Å². The van der Waals surface area contributed by atoms with Crippen molar-refractivity contribution in [2.24, 2.45) is 0 Å². The molecule has 0 bridgehead atoms. The van der Waals surface area contributed by atoms with Crippen LogP contribution in [0.15, 0.2) is 24.3 Å². The first-order valence-corrected chi connectivity index (χ1v) is 5.82. The molecule has 0 fully saturated rings. The summed E-state index contributed by atoms with van der Waals surface area (Å²) < 4.78 is 0. The minimum absolute atomic E-state index is 0.206. The van der Waals surface area contributed by atoms with E-state index in [0.717, 1.165) is 13.1 Å². The van der Waals surface area contributed by atoms with Gasteiger partial charge < -0.3 is 9.80 Å². The molecule has 0 saturated heterocycles. The van der Waals surface area contributed by atoms with Gasteiger partial charge >= 0.3 is 0 Å². The highest BCUT2D eigenvalue weighted by molar-refractivity contribution is 5.77. The lowest BCUT2D eigenvalue weighted by Crippen LogP contribution is -2.42. The number of para-hydroxylation sites is 2. The Balaban J connectivity index is 2.42. The molecule has 16 heavy (non-hydrogen) atoms. The minimum Gasteiger partial charge on any atom is -0.349 e. The van der Waals surface area contributed by atoms with E-state index < -0.39 is 0 Å². The van der Waals surface area contributed by atoms with Crippen LogP contribution in [0, 0.1) is 11.3 Å². The summed E-state index contributed by atoms with van der Waals surface area (Å²) in [4.78, 5) is 4.62. The van der Waals surface area contributed by atoms with Gasteiger partial charge in [0, 0.05) is 13.1 Å². The van der Waals surface area contributed by atoms with Gasteiger partial charge in [0.1, 0.15) is 6.17 Å². The smallest absolute Gasteiger partial charge is 0.115 e. The molecule has 1 aromatic rings. The Kier molecular flexibility index (Phi) is 3.00. The van der Waals surface area contributed by atoms with Crippen LogP contribution in [0.25, 0.3) is 0 Å². The fourth-order valence-corrected chi connectivity index (χ4v) is 2.50. The molecule has 0 unspecified atom stereocenters. The molecule has 0 aliphatic carbocycles. The summed E-state index contributed by atoms with van der Waals surface area (Å²) in [7, 11) is 0. The van der Waals surface area contributed by atoms with Crippen LogP contribution in [0.2, 0.25) is 0 Å². The Bertz CT molecular complexity index is 377. The monoisotopic (exact) mass is 215 g/mol. The summed E-state index contributed by atoms with van der Waals surface area (Å²) >= 11 is 0. The van der Waals surface area contributed by atoms with E-state index in [1.165, 1.54) is 11.4 Å². The molecular formula is C13H17N3. The van der Waals surface area contributed by atoms with Crippen molar-refractivity contribution >= 4 is 11.4 Å². The molecule has 0 amide bonds. The molecule has 0 aromatic heterocycles. The van der Waals surface area contributed by atoms with Crippen molar-refractivity contribution in [2.45, 2.75) is 26.4 Å². The lowest BCUT2D eigenvalue weighted by molar-refractivity contribution is 0.607. The van der Waals surface area contributed by atoms with E-state index in [-0.39, 0.29) is 6.17 Å². The Hall–Kier alpha value is -1.69. The van der Waals surface area contributed by atoms with Gasteiger partial charge in [-0.2, -0.15) is 5.26 Å². The summed E-state index contributed by atoms with van der Waals surface area (Å²) in [6, 6.07) is 10.7. The summed E-state index contributed by atoms with van der Waals surface area (Å²) in [5.74, 6) is 0. The van der Waals surface area contributed by atoms with Gasteiger partial charge in [0.2, 0.25) is 0 Å². The zero-order chi connectivity index (χ0) is 11.5. The van der Waals surface area contributed by atoms with E-state index in [1.54, 1.807) is 0 Å². The van der Waals surface area contributed by atoms with Gasteiger partial charge in [0.15, 0.2) is 0 Å². The fraction of sp³-hybridized carbons (Fsp3) is 0.462. The van der Waals surface area contributed by atoms with Crippen LogP contribution in [0.3, 0.4) is 0 Å². The number of nitriles is 1. The van der Waals surface area contributed by atoms with Crippen molar-refractivity contribution in [1.29, 1.82) is 5.26 Å². The van der Waals surface area contributed by atoms with E-state index in [2.05, 4.69) is 54.0 Å². The molecule has 3 heteroatoms. The van der Waals surface area contributed by atoms with Gasteiger partial charge in [0.05, 0.1) is 23.9 Å². The van der Waals surface area contributed by atoms with E-state index in [1.807, 2.05) is 0 Å². The molecule has 1 aliphatic heterocycles. The molecule has 84 valence electrons. The minimum atomic E-state index is 0.206. The van der Waals surface area contributed by atoms with Crippen molar-refractivity contribution in [3.63, 3.8) is 0 Å². The van der Waals surface area contributed by atoms with E-state index in [9.17, 15) is 0 Å². The zero-order valence-corrected chi connectivity index (χ0v) is 9.85. The lowest BCUT2D eigenvalue weighted by Gasteiger charge is -2.29. The van der Waals surface area contributed by atoms with Crippen molar-refractivity contribution in [2.75, 3.05) is 22.9 Å². The van der Waals surface area contributed by atoms with Gasteiger partial charge in [0.25, 0.3) is 0 Å². The lowest BCUT2D eigenvalue weighted by atomic mass is 10.2. The third-order valence-corrected chi connectivity index (χ3v) is 3.18. The van der Waals surface area contributed by atoms with Crippen molar-refractivity contribution < 1.29 is 0 Å². The topological polar surface area (TPSA) is 30.3 Å². The third-order valence-electron chi connectivity index (χ3n) is 3.18. The highest BCUT2D eigenvalue weighted by Crippen LogP contribution is 2.39. The molecule has 3 nitrogen and oxygen atoms in total. The van der Waals surface area contributed by atoms with Crippen LogP contribution < -0.4 is 9.80 Å². The standard InChI is InChI=1S/C13H17N3/c1-3-15-11-7-5-6-8-12(11)16(4-2)13(15)9-10-14/h5-8,13H,3-4,9H2,1-2H3. The maximum Gasteiger partial charge on any atom is 0.115 e. The Labute approximate surface area is 96.9 Å². The van der Waals surface area contributed by atoms with Crippen molar-refractivity contribution in [1.82, 2.24) is 0 Å². The summed E-state index contributed by atoms with van der Waals surface area (Å²) in [6.07, 6.45) is 0.758. The first kappa shape index (κ1) is 10.8. The highest BCUT2D eigenvalue weighted by Gasteiger charge is 2.33. The molecule has 0 radical (unpaired) electrons. The summed E-state index contributed by atoms with van der Waals surface area (Å²) in [5.41, 5.74) is 2.51. The number of benzene rings is 1. The van der Waals surface area contributed by atoms with Crippen LogP contribution in [0.5, 0.6) is 0 Å². The molecule has 0 N–H and O–H groups in total. The SMILES string of the molecule is CCN1c2ccccc2N(CC)C1CC#N. The fourth-order valence-electron chi connectivity index (χ4n) is 2.50. The number of fused-ring (bicyclic) bond motifs is 1. The third kappa shape index (κ3) is 1.51. The second kappa shape index (κ2) is 4.44. The second-order valence-corrected chi connectivity index (χ2v) is 3.90. The average Bonchev–Trinajstić information content (AvgIpc) is 2.62. The molecule has 1 aromatic carbocycles. The predicted octanol–water partition coefficient (Wildman–Crippen LogP) is 2.59. The first-order valence-electron chi connectivity index (χ1n) is 5.82. The van der Waals surface area contributed by atoms with Crippen LogP contribution in [-0.2, 0) is 0 Å². The Morgan fingerprint density at radius 2 is 1.62 bits per heavy atom. The van der Waals surface area contributed by atoms with Gasteiger partial charge in [-0.3, -0.25) is 0 Å². The molecule has 2 rings (SSSR count). The first-order chi connectivity index (χ1) is 7.83.